The van der Waals surface area contributed by atoms with E-state index < -0.39 is 34.2 Å². The lowest BCUT2D eigenvalue weighted by molar-refractivity contribution is -0.142. The van der Waals surface area contributed by atoms with Crippen LogP contribution >= 0.6 is 11.8 Å². The van der Waals surface area contributed by atoms with Crippen LogP contribution in [0.15, 0.2) is 30.3 Å². The Morgan fingerprint density at radius 2 is 1.83 bits per heavy atom. The molecule has 1 aromatic carbocycles. The van der Waals surface area contributed by atoms with Crippen molar-refractivity contribution in [1.29, 1.82) is 0 Å². The fourth-order valence-electron chi connectivity index (χ4n) is 7.02. The van der Waals surface area contributed by atoms with Gasteiger partial charge in [0.15, 0.2) is 0 Å². The molecule has 2 bridgehead atoms. The number of aliphatic hydroxyl groups is 1. The maximum atomic E-state index is 14.0. The summed E-state index contributed by atoms with van der Waals surface area (Å²) in [6, 6.07) is 8.11. The number of para-hydroxylation sites is 1. The normalized spacial score (nSPS) is 30.3. The van der Waals surface area contributed by atoms with Gasteiger partial charge in [-0.3, -0.25) is 14.4 Å². The first-order valence-electron chi connectivity index (χ1n) is 13.1. The number of carbonyl (C=O) groups is 3. The van der Waals surface area contributed by atoms with Gasteiger partial charge in [-0.05, 0) is 57.1 Å². The van der Waals surface area contributed by atoms with Crippen LogP contribution in [0.2, 0.25) is 0 Å². The Balaban J connectivity index is 1.68. The Morgan fingerprint density at radius 3 is 2.42 bits per heavy atom. The molecule has 0 saturated carbocycles. The number of hydrogen-bond acceptors (Lipinski definition) is 5. The van der Waals surface area contributed by atoms with Crippen LogP contribution in [-0.4, -0.2) is 62.0 Å². The Bertz CT molecular complexity index is 1000. The highest BCUT2D eigenvalue weighted by Crippen LogP contribution is 2.66. The number of fused-ring (bicyclic) bond motifs is 1. The zero-order chi connectivity index (χ0) is 26.5. The van der Waals surface area contributed by atoms with Crippen LogP contribution in [0.1, 0.15) is 67.2 Å². The molecule has 2 unspecified atom stereocenters. The second kappa shape index (κ2) is 9.67. The topological polar surface area (TPSA) is 98.7 Å². The van der Waals surface area contributed by atoms with Crippen LogP contribution in [0.3, 0.4) is 0 Å². The van der Waals surface area contributed by atoms with E-state index in [1.54, 1.807) is 16.7 Å². The number of likely N-dealkylation sites (tertiary alicyclic amines) is 1. The predicted octanol–water partition coefficient (Wildman–Crippen LogP) is 3.82. The minimum absolute atomic E-state index is 0.00287. The molecule has 4 rings (SSSR count). The summed E-state index contributed by atoms with van der Waals surface area (Å²) in [5, 5.41) is 16.4. The molecule has 3 fully saturated rings. The Labute approximate surface area is 219 Å². The van der Waals surface area contributed by atoms with Crippen molar-refractivity contribution in [1.82, 2.24) is 10.2 Å². The van der Waals surface area contributed by atoms with E-state index in [1.807, 2.05) is 51.1 Å². The molecule has 3 N–H and O–H groups in total. The lowest BCUT2D eigenvalue weighted by Crippen LogP contribution is -2.60. The number of benzene rings is 1. The minimum Gasteiger partial charge on any atom is -0.394 e. The Morgan fingerprint density at radius 1 is 1.17 bits per heavy atom. The first kappa shape index (κ1) is 27.0. The molecule has 8 heteroatoms. The third kappa shape index (κ3) is 4.78. The summed E-state index contributed by atoms with van der Waals surface area (Å²) in [6.07, 6.45) is 2.82. The molecular weight excluding hydrogens is 474 g/mol. The summed E-state index contributed by atoms with van der Waals surface area (Å²) >= 11 is 1.65. The molecule has 3 heterocycles. The monoisotopic (exact) mass is 515 g/mol. The summed E-state index contributed by atoms with van der Waals surface area (Å²) < 4.78 is -0.662. The van der Waals surface area contributed by atoms with Gasteiger partial charge in [0.2, 0.25) is 17.7 Å². The summed E-state index contributed by atoms with van der Waals surface area (Å²) in [6.45, 7) is 12.2. The van der Waals surface area contributed by atoms with Gasteiger partial charge in [0.1, 0.15) is 6.04 Å². The van der Waals surface area contributed by atoms with Gasteiger partial charge >= 0.3 is 0 Å². The van der Waals surface area contributed by atoms with E-state index in [1.165, 1.54) is 0 Å². The molecule has 3 saturated heterocycles. The van der Waals surface area contributed by atoms with Crippen molar-refractivity contribution >= 4 is 35.2 Å². The van der Waals surface area contributed by atoms with Crippen molar-refractivity contribution in [2.45, 2.75) is 94.8 Å². The molecule has 198 valence electrons. The minimum atomic E-state index is -0.712. The molecule has 3 amide bonds. The number of anilines is 1. The van der Waals surface area contributed by atoms with E-state index in [0.29, 0.717) is 18.5 Å². The zero-order valence-electron chi connectivity index (χ0n) is 22.3. The second-order valence-electron chi connectivity index (χ2n) is 12.5. The quantitative estimate of drug-likeness (QED) is 0.489. The van der Waals surface area contributed by atoms with Gasteiger partial charge in [0, 0.05) is 16.5 Å². The molecule has 7 nitrogen and oxygen atoms in total. The van der Waals surface area contributed by atoms with Gasteiger partial charge in [-0.25, -0.2) is 0 Å². The van der Waals surface area contributed by atoms with E-state index in [4.69, 9.17) is 0 Å². The highest BCUT2D eigenvalue weighted by Gasteiger charge is 2.74. The molecule has 0 radical (unpaired) electrons. The zero-order valence-corrected chi connectivity index (χ0v) is 23.2. The first-order chi connectivity index (χ1) is 16.8. The molecule has 3 aliphatic heterocycles. The molecule has 36 heavy (non-hydrogen) atoms. The fourth-order valence-corrected chi connectivity index (χ4v) is 9.22. The lowest BCUT2D eigenvalue weighted by atomic mass is 9.70. The standard InChI is InChI=1S/C28H41N3O4S/c1-7-18(15-32)31-22(24(34)30-27(5,6)16-26(2,3)4)28-14-13-19(36-28)20(21(28)25(31)35)23(33)29-17-11-9-8-10-12-17/h8-12,18-22,32H,7,13-16H2,1-6H3,(H,29,33)(H,30,34)/t18-,19+,20-,21-,22?,28?/m0/s1. The molecule has 1 spiro atoms. The summed E-state index contributed by atoms with van der Waals surface area (Å²) in [5.74, 6) is -1.59. The fraction of sp³-hybridized carbons (Fsp3) is 0.679. The number of nitrogens with one attached hydrogen (secondary N) is 2. The second-order valence-corrected chi connectivity index (χ2v) is 14.1. The molecular formula is C28H41N3O4S. The van der Waals surface area contributed by atoms with Crippen LogP contribution < -0.4 is 10.6 Å². The number of rotatable bonds is 8. The van der Waals surface area contributed by atoms with E-state index in [0.717, 1.165) is 12.8 Å². The van der Waals surface area contributed by atoms with Gasteiger partial charge in [0.05, 0.1) is 29.2 Å². The molecule has 1 aromatic rings. The van der Waals surface area contributed by atoms with E-state index >= 15 is 0 Å². The van der Waals surface area contributed by atoms with Crippen molar-refractivity contribution in [2.24, 2.45) is 17.3 Å². The smallest absolute Gasteiger partial charge is 0.244 e. The summed E-state index contributed by atoms with van der Waals surface area (Å²) in [4.78, 5) is 43.2. The number of carbonyl (C=O) groups excluding carboxylic acids is 3. The van der Waals surface area contributed by atoms with Gasteiger partial charge in [-0.15, -0.1) is 11.8 Å². The predicted molar refractivity (Wildman–Crippen MR) is 143 cm³/mol. The Hall–Kier alpha value is -2.06. The highest BCUT2D eigenvalue weighted by molar-refractivity contribution is 8.02. The molecule has 3 aliphatic rings. The van der Waals surface area contributed by atoms with Crippen molar-refractivity contribution in [3.63, 3.8) is 0 Å². The highest BCUT2D eigenvalue weighted by atomic mass is 32.2. The largest absolute Gasteiger partial charge is 0.394 e. The molecule has 0 aromatic heterocycles. The number of nitrogens with zero attached hydrogens (tertiary/aromatic N) is 1. The van der Waals surface area contributed by atoms with Gasteiger partial charge in [-0.2, -0.15) is 0 Å². The molecule has 6 atom stereocenters. The van der Waals surface area contributed by atoms with Crippen LogP contribution in [0.25, 0.3) is 0 Å². The van der Waals surface area contributed by atoms with Crippen LogP contribution in [-0.2, 0) is 14.4 Å². The lowest BCUT2D eigenvalue weighted by Gasteiger charge is -2.40. The van der Waals surface area contributed by atoms with E-state index in [9.17, 15) is 19.5 Å². The van der Waals surface area contributed by atoms with E-state index in [2.05, 4.69) is 31.4 Å². The summed E-state index contributed by atoms with van der Waals surface area (Å²) in [5.41, 5.74) is 0.248. The molecule has 0 aliphatic carbocycles. The SMILES string of the molecule is CC[C@@H](CO)N1C(=O)[C@@H]2[C@@H](C(=O)Nc3ccccc3)[C@H]3CCC2(S3)C1C(=O)NC(C)(C)CC(C)(C)C. The third-order valence-corrected chi connectivity index (χ3v) is 9.79. The van der Waals surface area contributed by atoms with Gasteiger partial charge < -0.3 is 20.6 Å². The number of aliphatic hydroxyl groups excluding tert-OH is 1. The average Bonchev–Trinajstić information content (AvgIpc) is 3.41. The Kier molecular flexibility index (Phi) is 7.25. The first-order valence-corrected chi connectivity index (χ1v) is 14.0. The average molecular weight is 516 g/mol. The number of hydrogen-bond donors (Lipinski definition) is 3. The summed E-state index contributed by atoms with van der Waals surface area (Å²) in [7, 11) is 0. The third-order valence-electron chi connectivity index (χ3n) is 7.84. The van der Waals surface area contributed by atoms with Crippen LogP contribution in [0.4, 0.5) is 5.69 Å². The van der Waals surface area contributed by atoms with Crippen molar-refractivity contribution in [3.8, 4) is 0 Å². The maximum Gasteiger partial charge on any atom is 0.244 e. The van der Waals surface area contributed by atoms with Crippen molar-refractivity contribution in [2.75, 3.05) is 11.9 Å². The van der Waals surface area contributed by atoms with Crippen LogP contribution in [0.5, 0.6) is 0 Å². The van der Waals surface area contributed by atoms with Gasteiger partial charge in [0.25, 0.3) is 0 Å². The number of thioether (sulfide) groups is 1. The van der Waals surface area contributed by atoms with Crippen molar-refractivity contribution < 1.29 is 19.5 Å². The van der Waals surface area contributed by atoms with Gasteiger partial charge in [-0.1, -0.05) is 45.9 Å². The maximum absolute atomic E-state index is 14.0. The van der Waals surface area contributed by atoms with Crippen molar-refractivity contribution in [3.05, 3.63) is 30.3 Å². The number of amides is 3. The van der Waals surface area contributed by atoms with Crippen LogP contribution in [0, 0.1) is 17.3 Å². The van der Waals surface area contributed by atoms with E-state index in [-0.39, 0.29) is 35.0 Å².